The summed E-state index contributed by atoms with van der Waals surface area (Å²) in [5.74, 6) is 0. The van der Waals surface area contributed by atoms with E-state index in [0.29, 0.717) is 0 Å². The van der Waals surface area contributed by atoms with Crippen molar-refractivity contribution in [3.63, 3.8) is 0 Å². The summed E-state index contributed by atoms with van der Waals surface area (Å²) in [7, 11) is -1.08. The first kappa shape index (κ1) is 15.1. The van der Waals surface area contributed by atoms with Crippen molar-refractivity contribution in [2.24, 2.45) is 5.41 Å². The predicted octanol–water partition coefficient (Wildman–Crippen LogP) is 4.13. The van der Waals surface area contributed by atoms with Gasteiger partial charge < -0.3 is 10.0 Å². The molecule has 0 fully saturated rings. The quantitative estimate of drug-likeness (QED) is 0.894. The van der Waals surface area contributed by atoms with E-state index in [4.69, 9.17) is 0 Å². The number of nitrogens with one attached hydrogen (secondary N) is 2. The van der Waals surface area contributed by atoms with Crippen LogP contribution in [0.15, 0.2) is 48.5 Å². The lowest BCUT2D eigenvalue weighted by molar-refractivity contribution is 0.295. The first-order valence-corrected chi connectivity index (χ1v) is 9.06. The van der Waals surface area contributed by atoms with Crippen molar-refractivity contribution >= 4 is 22.4 Å². The highest BCUT2D eigenvalue weighted by molar-refractivity contribution is 7.85. The Hall–Kier alpha value is -1.81. The lowest BCUT2D eigenvalue weighted by Crippen LogP contribution is -2.35. The third-order valence-electron chi connectivity index (χ3n) is 4.27. The molecule has 3 nitrogen and oxygen atoms in total. The van der Waals surface area contributed by atoms with Crippen LogP contribution in [0.3, 0.4) is 0 Å². The Morgan fingerprint density at radius 2 is 1.82 bits per heavy atom. The maximum atomic E-state index is 11.6. The van der Waals surface area contributed by atoms with E-state index in [9.17, 15) is 4.21 Å². The fourth-order valence-corrected chi connectivity index (χ4v) is 3.75. The molecule has 0 amide bonds. The van der Waals surface area contributed by atoms with Gasteiger partial charge in [0.2, 0.25) is 0 Å². The molecule has 2 N–H and O–H groups in total. The molecule has 1 aliphatic heterocycles. The average Bonchev–Trinajstić information content (AvgIpc) is 2.46. The summed E-state index contributed by atoms with van der Waals surface area (Å²) >= 11 is 0. The van der Waals surface area contributed by atoms with Crippen LogP contribution in [-0.2, 0) is 17.4 Å². The van der Waals surface area contributed by atoms with Gasteiger partial charge in [-0.15, -0.1) is 0 Å². The fraction of sp³-hybridized carbons (Fsp3) is 0.333. The van der Waals surface area contributed by atoms with Gasteiger partial charge in [-0.05, 0) is 35.1 Å². The second-order valence-electron chi connectivity index (χ2n) is 6.54. The second kappa shape index (κ2) is 5.76. The third kappa shape index (κ3) is 2.88. The minimum absolute atomic E-state index is 0.0708. The van der Waals surface area contributed by atoms with Crippen LogP contribution in [0, 0.1) is 5.41 Å². The van der Waals surface area contributed by atoms with Crippen molar-refractivity contribution in [1.82, 2.24) is 0 Å². The topological polar surface area (TPSA) is 41.1 Å². The summed E-state index contributed by atoms with van der Waals surface area (Å²) < 4.78 is 14.7. The van der Waals surface area contributed by atoms with E-state index in [2.05, 4.69) is 54.2 Å². The highest BCUT2D eigenvalue weighted by atomic mass is 32.2. The molecule has 0 aromatic heterocycles. The zero-order valence-corrected chi connectivity index (χ0v) is 14.0. The summed E-state index contributed by atoms with van der Waals surface area (Å²) in [5, 5.41) is 3.68. The lowest BCUT2D eigenvalue weighted by Gasteiger charge is -2.42. The van der Waals surface area contributed by atoms with Crippen LogP contribution in [0.25, 0.3) is 0 Å². The van der Waals surface area contributed by atoms with Gasteiger partial charge in [0.05, 0.1) is 11.7 Å². The molecule has 116 valence electrons. The van der Waals surface area contributed by atoms with Gasteiger partial charge in [0.1, 0.15) is 11.0 Å². The minimum Gasteiger partial charge on any atom is -0.377 e. The zero-order valence-electron chi connectivity index (χ0n) is 13.2. The Kier molecular flexibility index (Phi) is 3.96. The number of hydrogen-bond donors (Lipinski definition) is 2. The van der Waals surface area contributed by atoms with Gasteiger partial charge in [-0.1, -0.05) is 50.2 Å². The molecule has 0 saturated heterocycles. The van der Waals surface area contributed by atoms with Gasteiger partial charge in [0, 0.05) is 11.9 Å². The summed E-state index contributed by atoms with van der Waals surface area (Å²) in [6.45, 7) is 4.56. The Labute approximate surface area is 134 Å². The van der Waals surface area contributed by atoms with E-state index >= 15 is 0 Å². The van der Waals surface area contributed by atoms with Crippen LogP contribution in [0.4, 0.5) is 11.4 Å². The Morgan fingerprint density at radius 1 is 1.14 bits per heavy atom. The van der Waals surface area contributed by atoms with Crippen LogP contribution in [-0.4, -0.2) is 10.5 Å². The Balaban J connectivity index is 2.03. The van der Waals surface area contributed by atoms with E-state index in [0.717, 1.165) is 17.7 Å². The van der Waals surface area contributed by atoms with Crippen molar-refractivity contribution in [3.8, 4) is 0 Å². The molecule has 2 unspecified atom stereocenters. The van der Waals surface area contributed by atoms with Gasteiger partial charge in [-0.3, -0.25) is 0 Å². The molecule has 22 heavy (non-hydrogen) atoms. The highest BCUT2D eigenvalue weighted by Gasteiger charge is 2.36. The van der Waals surface area contributed by atoms with E-state index in [1.54, 1.807) is 6.26 Å². The number of fused-ring (bicyclic) bond motifs is 1. The normalized spacial score (nSPS) is 20.6. The first-order chi connectivity index (χ1) is 10.5. The molecule has 3 rings (SSSR count). The van der Waals surface area contributed by atoms with Crippen LogP contribution >= 0.6 is 0 Å². The summed E-state index contributed by atoms with van der Waals surface area (Å²) in [4.78, 5) is 0. The van der Waals surface area contributed by atoms with E-state index in [-0.39, 0.29) is 11.5 Å². The molecule has 2 aromatic rings. The van der Waals surface area contributed by atoms with Gasteiger partial charge in [0.25, 0.3) is 0 Å². The second-order valence-corrected chi connectivity index (χ2v) is 7.66. The van der Waals surface area contributed by atoms with Gasteiger partial charge in [-0.25, -0.2) is 4.21 Å². The molecule has 1 aliphatic rings. The van der Waals surface area contributed by atoms with E-state index < -0.39 is 11.0 Å². The zero-order chi connectivity index (χ0) is 15.7. The number of benzene rings is 2. The van der Waals surface area contributed by atoms with E-state index in [1.807, 2.05) is 18.2 Å². The van der Waals surface area contributed by atoms with Crippen molar-refractivity contribution in [2.75, 3.05) is 16.3 Å². The largest absolute Gasteiger partial charge is 0.377 e. The third-order valence-corrected chi connectivity index (χ3v) is 4.78. The average molecular weight is 314 g/mol. The number of anilines is 2. The SMILES string of the molecule is CS(=O)Nc1ccccc1C1Nc2ccccc2CC1(C)C. The molecule has 1 heterocycles. The molecule has 2 atom stereocenters. The summed E-state index contributed by atoms with van der Waals surface area (Å²) in [6.07, 6.45) is 2.68. The number of rotatable bonds is 3. The Bertz CT molecular complexity index is 712. The minimum atomic E-state index is -1.08. The van der Waals surface area contributed by atoms with Gasteiger partial charge in [0.15, 0.2) is 0 Å². The lowest BCUT2D eigenvalue weighted by atomic mass is 9.72. The maximum Gasteiger partial charge on any atom is 0.113 e. The Morgan fingerprint density at radius 3 is 2.59 bits per heavy atom. The van der Waals surface area contributed by atoms with Crippen LogP contribution < -0.4 is 10.0 Å². The van der Waals surface area contributed by atoms with Crippen molar-refractivity contribution in [3.05, 3.63) is 59.7 Å². The van der Waals surface area contributed by atoms with E-state index in [1.165, 1.54) is 11.3 Å². The molecule has 0 radical (unpaired) electrons. The fourth-order valence-electron chi connectivity index (χ4n) is 3.25. The standard InChI is InChI=1S/C18H22N2OS/c1-18(2)12-13-8-4-6-10-15(13)19-17(18)14-9-5-7-11-16(14)20-22(3)21/h4-11,17,19-20H,12H2,1-3H3. The van der Waals surface area contributed by atoms with Crippen molar-refractivity contribution in [2.45, 2.75) is 26.3 Å². The highest BCUT2D eigenvalue weighted by Crippen LogP contribution is 2.46. The molecule has 0 saturated carbocycles. The molecule has 0 bridgehead atoms. The van der Waals surface area contributed by atoms with Crippen LogP contribution in [0.5, 0.6) is 0 Å². The van der Waals surface area contributed by atoms with Crippen molar-refractivity contribution in [1.29, 1.82) is 0 Å². The monoisotopic (exact) mass is 314 g/mol. The van der Waals surface area contributed by atoms with Crippen LogP contribution in [0.1, 0.15) is 31.0 Å². The molecule has 0 spiro atoms. The molecular weight excluding hydrogens is 292 g/mol. The first-order valence-electron chi connectivity index (χ1n) is 7.51. The van der Waals surface area contributed by atoms with Crippen molar-refractivity contribution < 1.29 is 4.21 Å². The molecule has 2 aromatic carbocycles. The summed E-state index contributed by atoms with van der Waals surface area (Å²) in [6, 6.07) is 16.8. The van der Waals surface area contributed by atoms with Gasteiger partial charge >= 0.3 is 0 Å². The smallest absolute Gasteiger partial charge is 0.113 e. The number of hydrogen-bond acceptors (Lipinski definition) is 2. The van der Waals surface area contributed by atoms with Gasteiger partial charge in [-0.2, -0.15) is 0 Å². The van der Waals surface area contributed by atoms with Crippen LogP contribution in [0.2, 0.25) is 0 Å². The molecule has 4 heteroatoms. The maximum absolute atomic E-state index is 11.6. The molecular formula is C18H22N2OS. The molecule has 0 aliphatic carbocycles. The number of para-hydroxylation sites is 2. The predicted molar refractivity (Wildman–Crippen MR) is 94.4 cm³/mol. The summed E-state index contributed by atoms with van der Waals surface area (Å²) in [5.41, 5.74) is 4.72.